The highest BCUT2D eigenvalue weighted by Crippen LogP contribution is 2.34. The molecule has 5 nitrogen and oxygen atoms in total. The number of benzene rings is 2. The summed E-state index contributed by atoms with van der Waals surface area (Å²) in [4.78, 5) is 12.2. The number of hydrogen-bond acceptors (Lipinski definition) is 6. The molecule has 7 heteroatoms. The maximum atomic E-state index is 13.9. The first-order valence-corrected chi connectivity index (χ1v) is 9.17. The highest BCUT2D eigenvalue weighted by molar-refractivity contribution is 7.98. The highest BCUT2D eigenvalue weighted by atomic mass is 32.2. The van der Waals surface area contributed by atoms with Crippen LogP contribution in [0, 0.1) is 18.2 Å². The van der Waals surface area contributed by atoms with Crippen LogP contribution in [0.2, 0.25) is 0 Å². The van der Waals surface area contributed by atoms with Gasteiger partial charge in [0.15, 0.2) is 0 Å². The van der Waals surface area contributed by atoms with Gasteiger partial charge in [0.2, 0.25) is 6.79 Å². The molecule has 0 aliphatic heterocycles. The van der Waals surface area contributed by atoms with Crippen molar-refractivity contribution in [3.05, 3.63) is 35.6 Å². The smallest absolute Gasteiger partial charge is 0.457 e. The van der Waals surface area contributed by atoms with E-state index in [1.54, 1.807) is 18.2 Å². The molecule has 138 valence electrons. The minimum Gasteiger partial charge on any atom is -0.457 e. The largest absolute Gasteiger partial charge is 0.511 e. The first kappa shape index (κ1) is 19.9. The van der Waals surface area contributed by atoms with E-state index in [1.807, 2.05) is 13.3 Å². The number of nitrogens with one attached hydrogen (secondary N) is 1. The fourth-order valence-corrected chi connectivity index (χ4v) is 3.01. The van der Waals surface area contributed by atoms with Gasteiger partial charge in [-0.05, 0) is 49.9 Å². The number of hydrogen-bond donors (Lipinski definition) is 1. The fraction of sp³-hybridized carbons (Fsp3) is 0.316. The molecule has 2 rings (SSSR count). The van der Waals surface area contributed by atoms with Crippen LogP contribution in [0.4, 0.5) is 9.18 Å². The molecule has 0 aromatic heterocycles. The minimum absolute atomic E-state index is 0.222. The first-order valence-electron chi connectivity index (χ1n) is 7.94. The summed E-state index contributed by atoms with van der Waals surface area (Å²) in [5.41, 5.74) is 0.222. The van der Waals surface area contributed by atoms with Gasteiger partial charge in [-0.1, -0.05) is 12.0 Å². The summed E-state index contributed by atoms with van der Waals surface area (Å²) in [6.45, 7) is 0.735. The Kier molecular flexibility index (Phi) is 7.57. The van der Waals surface area contributed by atoms with E-state index in [1.165, 1.54) is 17.8 Å². The Labute approximate surface area is 156 Å². The van der Waals surface area contributed by atoms with Crippen LogP contribution in [0.15, 0.2) is 29.2 Å². The van der Waals surface area contributed by atoms with Gasteiger partial charge in [-0.2, -0.15) is 0 Å². The van der Waals surface area contributed by atoms with Gasteiger partial charge in [-0.3, -0.25) is 0 Å². The van der Waals surface area contributed by atoms with Crippen LogP contribution in [-0.2, 0) is 9.47 Å². The SMILES string of the molecule is C#Cc1c(F)ccc2cc(OCOC(=O)OCCCNC)cc(SC)c12. The fourth-order valence-electron chi connectivity index (χ4n) is 2.35. The average molecular weight is 377 g/mol. The van der Waals surface area contributed by atoms with E-state index in [9.17, 15) is 9.18 Å². The molecule has 0 amide bonds. The third-order valence-electron chi connectivity index (χ3n) is 3.56. The van der Waals surface area contributed by atoms with Crippen LogP contribution in [0.3, 0.4) is 0 Å². The van der Waals surface area contributed by atoms with Crippen molar-refractivity contribution in [1.82, 2.24) is 5.32 Å². The Morgan fingerprint density at radius 1 is 1.35 bits per heavy atom. The molecule has 2 aromatic rings. The summed E-state index contributed by atoms with van der Waals surface area (Å²) < 4.78 is 29.1. The number of fused-ring (bicyclic) bond motifs is 1. The van der Waals surface area contributed by atoms with Crippen molar-refractivity contribution in [3.63, 3.8) is 0 Å². The molecular formula is C19H20FNO4S. The van der Waals surface area contributed by atoms with Gasteiger partial charge in [-0.15, -0.1) is 18.2 Å². The first-order chi connectivity index (χ1) is 12.6. The van der Waals surface area contributed by atoms with E-state index in [0.717, 1.165) is 16.8 Å². The minimum atomic E-state index is -0.788. The van der Waals surface area contributed by atoms with E-state index in [2.05, 4.69) is 11.2 Å². The summed E-state index contributed by atoms with van der Waals surface area (Å²) >= 11 is 1.43. The van der Waals surface area contributed by atoms with E-state index >= 15 is 0 Å². The predicted octanol–water partition coefficient (Wildman–Crippen LogP) is 3.78. The van der Waals surface area contributed by atoms with Crippen molar-refractivity contribution in [2.75, 3.05) is 33.2 Å². The molecule has 0 bridgehead atoms. The van der Waals surface area contributed by atoms with Gasteiger partial charge in [-0.25, -0.2) is 9.18 Å². The third-order valence-corrected chi connectivity index (χ3v) is 4.32. The zero-order chi connectivity index (χ0) is 18.9. The lowest BCUT2D eigenvalue weighted by atomic mass is 10.0. The van der Waals surface area contributed by atoms with Crippen molar-refractivity contribution in [2.45, 2.75) is 11.3 Å². The molecule has 0 spiro atoms. The van der Waals surface area contributed by atoms with Crippen LogP contribution in [-0.4, -0.2) is 39.4 Å². The lowest BCUT2D eigenvalue weighted by Gasteiger charge is -2.12. The van der Waals surface area contributed by atoms with Crippen LogP contribution in [0.5, 0.6) is 5.75 Å². The van der Waals surface area contributed by atoms with Crippen LogP contribution in [0.1, 0.15) is 12.0 Å². The summed E-state index contributed by atoms with van der Waals surface area (Å²) in [6, 6.07) is 6.41. The van der Waals surface area contributed by atoms with E-state index in [4.69, 9.17) is 20.6 Å². The number of halogens is 1. The molecule has 0 saturated heterocycles. The molecule has 0 heterocycles. The van der Waals surface area contributed by atoms with Gasteiger partial charge >= 0.3 is 6.16 Å². The van der Waals surface area contributed by atoms with E-state index < -0.39 is 12.0 Å². The number of thioether (sulfide) groups is 1. The summed E-state index contributed by atoms with van der Waals surface area (Å²) in [5, 5.41) is 4.36. The van der Waals surface area contributed by atoms with E-state index in [0.29, 0.717) is 17.6 Å². The van der Waals surface area contributed by atoms with E-state index in [-0.39, 0.29) is 19.0 Å². The van der Waals surface area contributed by atoms with Crippen molar-refractivity contribution >= 4 is 28.7 Å². The van der Waals surface area contributed by atoms with Crippen LogP contribution < -0.4 is 10.1 Å². The van der Waals surface area contributed by atoms with Gasteiger partial charge in [0.1, 0.15) is 11.6 Å². The molecule has 2 aromatic carbocycles. The monoisotopic (exact) mass is 377 g/mol. The quantitative estimate of drug-likeness (QED) is 0.248. The lowest BCUT2D eigenvalue weighted by Crippen LogP contribution is -2.15. The Balaban J connectivity index is 2.04. The number of ether oxygens (including phenoxy) is 3. The maximum Gasteiger partial charge on any atom is 0.511 e. The lowest BCUT2D eigenvalue weighted by molar-refractivity contribution is 0.00437. The van der Waals surface area contributed by atoms with Crippen LogP contribution >= 0.6 is 11.8 Å². The highest BCUT2D eigenvalue weighted by Gasteiger charge is 2.12. The Morgan fingerprint density at radius 2 is 2.15 bits per heavy atom. The molecule has 26 heavy (non-hydrogen) atoms. The molecule has 0 atom stereocenters. The third kappa shape index (κ3) is 5.04. The van der Waals surface area contributed by atoms with Crippen molar-refractivity contribution in [3.8, 4) is 18.1 Å². The average Bonchev–Trinajstić information content (AvgIpc) is 2.64. The second kappa shape index (κ2) is 9.90. The summed E-state index contributed by atoms with van der Waals surface area (Å²) in [6.07, 6.45) is 7.22. The summed E-state index contributed by atoms with van der Waals surface area (Å²) in [7, 11) is 1.82. The number of carbonyl (C=O) groups is 1. The zero-order valence-electron chi connectivity index (χ0n) is 14.6. The number of rotatable bonds is 8. The van der Waals surface area contributed by atoms with Gasteiger partial charge < -0.3 is 19.5 Å². The second-order valence-electron chi connectivity index (χ2n) is 5.25. The van der Waals surface area contributed by atoms with Crippen molar-refractivity contribution in [2.24, 2.45) is 0 Å². The molecule has 1 N–H and O–H groups in total. The predicted molar refractivity (Wildman–Crippen MR) is 100 cm³/mol. The van der Waals surface area contributed by atoms with Gasteiger partial charge in [0.25, 0.3) is 0 Å². The molecule has 0 saturated carbocycles. The van der Waals surface area contributed by atoms with Crippen molar-refractivity contribution in [1.29, 1.82) is 0 Å². The molecule has 0 unspecified atom stereocenters. The standard InChI is InChI=1S/C19H20FNO4S/c1-4-15-16(20)7-6-13-10-14(11-17(26-3)18(13)15)24-12-25-19(22)23-9-5-8-21-2/h1,6-7,10-11,21H,5,8-9,12H2,2-3H3. The zero-order valence-corrected chi connectivity index (χ0v) is 15.5. The van der Waals surface area contributed by atoms with Crippen molar-refractivity contribution < 1.29 is 23.4 Å². The molecule has 0 fully saturated rings. The number of terminal acetylenes is 1. The Bertz CT molecular complexity index is 819. The molecule has 0 aliphatic carbocycles. The molecular weight excluding hydrogens is 357 g/mol. The van der Waals surface area contributed by atoms with Gasteiger partial charge in [0, 0.05) is 10.3 Å². The second-order valence-corrected chi connectivity index (χ2v) is 6.10. The molecule has 0 radical (unpaired) electrons. The Morgan fingerprint density at radius 3 is 2.85 bits per heavy atom. The normalized spacial score (nSPS) is 10.4. The molecule has 0 aliphatic rings. The van der Waals surface area contributed by atoms with Crippen LogP contribution in [0.25, 0.3) is 10.8 Å². The summed E-state index contributed by atoms with van der Waals surface area (Å²) in [5.74, 6) is 2.45. The topological polar surface area (TPSA) is 56.8 Å². The number of carbonyl (C=O) groups excluding carboxylic acids is 1. The van der Waals surface area contributed by atoms with Gasteiger partial charge in [0.05, 0.1) is 12.2 Å². The Hall–Kier alpha value is -2.43. The maximum absolute atomic E-state index is 13.9.